The summed E-state index contributed by atoms with van der Waals surface area (Å²) >= 11 is 11.4. The molecule has 0 bridgehead atoms. The van der Waals surface area contributed by atoms with Crippen LogP contribution in [-0.4, -0.2) is 6.29 Å². The van der Waals surface area contributed by atoms with E-state index in [4.69, 9.17) is 27.9 Å². The van der Waals surface area contributed by atoms with Crippen LogP contribution in [0.15, 0.2) is 36.4 Å². The van der Waals surface area contributed by atoms with Crippen LogP contribution >= 0.6 is 23.2 Å². The molecule has 0 aliphatic rings. The van der Waals surface area contributed by atoms with Gasteiger partial charge in [-0.2, -0.15) is 0 Å². The summed E-state index contributed by atoms with van der Waals surface area (Å²) < 4.78 is 18.4. The highest BCUT2D eigenvalue weighted by Gasteiger charge is 2.07. The van der Waals surface area contributed by atoms with Gasteiger partial charge in [0.15, 0.2) is 6.29 Å². The van der Waals surface area contributed by atoms with Crippen LogP contribution in [0.25, 0.3) is 0 Å². The van der Waals surface area contributed by atoms with Gasteiger partial charge >= 0.3 is 0 Å². The number of ether oxygens (including phenoxy) is 1. The maximum atomic E-state index is 13.0. The largest absolute Gasteiger partial charge is 0.457 e. The van der Waals surface area contributed by atoms with Gasteiger partial charge in [0.25, 0.3) is 0 Å². The average molecular weight is 285 g/mol. The van der Waals surface area contributed by atoms with Crippen molar-refractivity contribution < 1.29 is 13.9 Å². The number of hydrogen-bond donors (Lipinski definition) is 0. The lowest BCUT2D eigenvalue weighted by Crippen LogP contribution is -1.91. The van der Waals surface area contributed by atoms with Gasteiger partial charge < -0.3 is 4.74 Å². The molecule has 0 N–H and O–H groups in total. The molecule has 0 aliphatic heterocycles. The predicted octanol–water partition coefficient (Wildman–Crippen LogP) is 4.74. The van der Waals surface area contributed by atoms with Crippen LogP contribution in [0, 0.1) is 5.82 Å². The van der Waals surface area contributed by atoms with Crippen LogP contribution in [0.2, 0.25) is 10.0 Å². The maximum Gasteiger partial charge on any atom is 0.153 e. The van der Waals surface area contributed by atoms with Crippen molar-refractivity contribution in [3.05, 3.63) is 57.8 Å². The molecule has 0 saturated heterocycles. The van der Waals surface area contributed by atoms with E-state index < -0.39 is 5.82 Å². The third-order valence-corrected chi connectivity index (χ3v) is 2.75. The minimum atomic E-state index is -0.536. The van der Waals surface area contributed by atoms with E-state index >= 15 is 0 Å². The van der Waals surface area contributed by atoms with Crippen molar-refractivity contribution in [2.75, 3.05) is 0 Å². The number of benzene rings is 2. The molecule has 0 saturated carbocycles. The van der Waals surface area contributed by atoms with Gasteiger partial charge in [-0.1, -0.05) is 23.2 Å². The molecule has 18 heavy (non-hydrogen) atoms. The van der Waals surface area contributed by atoms with Gasteiger partial charge in [0.1, 0.15) is 17.3 Å². The second-order valence-electron chi connectivity index (χ2n) is 3.48. The van der Waals surface area contributed by atoms with E-state index in [1.54, 1.807) is 6.07 Å². The van der Waals surface area contributed by atoms with Crippen molar-refractivity contribution in [2.45, 2.75) is 0 Å². The zero-order valence-corrected chi connectivity index (χ0v) is 10.5. The predicted molar refractivity (Wildman–Crippen MR) is 68.3 cm³/mol. The van der Waals surface area contributed by atoms with Gasteiger partial charge in [-0.15, -0.1) is 0 Å². The molecule has 0 aliphatic carbocycles. The summed E-state index contributed by atoms with van der Waals surface area (Å²) in [5.41, 5.74) is 0.347. The smallest absolute Gasteiger partial charge is 0.153 e. The zero-order valence-electron chi connectivity index (χ0n) is 8.99. The van der Waals surface area contributed by atoms with E-state index in [1.807, 2.05) is 0 Å². The molecule has 2 rings (SSSR count). The Balaban J connectivity index is 2.35. The van der Waals surface area contributed by atoms with Gasteiger partial charge in [-0.05, 0) is 24.3 Å². The lowest BCUT2D eigenvalue weighted by Gasteiger charge is -2.08. The molecule has 2 aromatic rings. The minimum absolute atomic E-state index is 0.0535. The van der Waals surface area contributed by atoms with E-state index in [0.717, 1.165) is 0 Å². The lowest BCUT2D eigenvalue weighted by atomic mass is 10.2. The quantitative estimate of drug-likeness (QED) is 0.761. The standard InChI is InChI=1S/C13H7Cl2FO2/c14-9-2-1-8(7-17)13(5-9)18-10-3-4-12(16)11(15)6-10/h1-7H. The third kappa shape index (κ3) is 2.81. The van der Waals surface area contributed by atoms with Crippen molar-refractivity contribution in [3.8, 4) is 11.5 Å². The molecule has 0 aromatic heterocycles. The molecule has 92 valence electrons. The number of hydrogen-bond acceptors (Lipinski definition) is 2. The Bertz CT molecular complexity index is 600. The molecule has 2 aromatic carbocycles. The molecule has 0 atom stereocenters. The highest BCUT2D eigenvalue weighted by Crippen LogP contribution is 2.29. The fourth-order valence-electron chi connectivity index (χ4n) is 1.36. The summed E-state index contributed by atoms with van der Waals surface area (Å²) in [6, 6.07) is 8.54. The molecule has 0 heterocycles. The topological polar surface area (TPSA) is 26.3 Å². The summed E-state index contributed by atoms with van der Waals surface area (Å²) in [5.74, 6) is 0.0812. The Morgan fingerprint density at radius 2 is 1.89 bits per heavy atom. The van der Waals surface area contributed by atoms with Crippen LogP contribution in [0.5, 0.6) is 11.5 Å². The zero-order chi connectivity index (χ0) is 13.1. The van der Waals surface area contributed by atoms with Crippen molar-refractivity contribution in [1.29, 1.82) is 0 Å². The lowest BCUT2D eigenvalue weighted by molar-refractivity contribution is 0.112. The van der Waals surface area contributed by atoms with Crippen LogP contribution in [0.4, 0.5) is 4.39 Å². The summed E-state index contributed by atoms with van der Waals surface area (Å²) in [6.45, 7) is 0. The molecule has 0 unspecified atom stereocenters. The summed E-state index contributed by atoms with van der Waals surface area (Å²) in [5, 5.41) is 0.381. The molecule has 0 amide bonds. The number of halogens is 3. The number of aldehydes is 1. The van der Waals surface area contributed by atoms with E-state index in [1.165, 1.54) is 30.3 Å². The Morgan fingerprint density at radius 1 is 1.11 bits per heavy atom. The summed E-state index contributed by atoms with van der Waals surface area (Å²) in [4.78, 5) is 10.8. The van der Waals surface area contributed by atoms with Crippen LogP contribution < -0.4 is 4.74 Å². The van der Waals surface area contributed by atoms with Gasteiger partial charge in [-0.25, -0.2) is 4.39 Å². The molecule has 2 nitrogen and oxygen atoms in total. The first-order valence-corrected chi connectivity index (χ1v) is 5.73. The number of rotatable bonds is 3. The van der Waals surface area contributed by atoms with Crippen molar-refractivity contribution in [1.82, 2.24) is 0 Å². The Morgan fingerprint density at radius 3 is 2.56 bits per heavy atom. The molecule has 0 radical (unpaired) electrons. The molecular formula is C13H7Cl2FO2. The Labute approximate surface area is 113 Å². The van der Waals surface area contributed by atoms with E-state index in [2.05, 4.69) is 0 Å². The average Bonchev–Trinajstić information content (AvgIpc) is 2.34. The molecular weight excluding hydrogens is 278 g/mol. The van der Waals surface area contributed by atoms with Crippen molar-refractivity contribution in [2.24, 2.45) is 0 Å². The van der Waals surface area contributed by atoms with Crippen LogP contribution in [0.1, 0.15) is 10.4 Å². The van der Waals surface area contributed by atoms with E-state index in [9.17, 15) is 9.18 Å². The normalized spacial score (nSPS) is 10.2. The Hall–Kier alpha value is -1.58. The molecule has 0 fully saturated rings. The van der Waals surface area contributed by atoms with E-state index in [-0.39, 0.29) is 5.02 Å². The molecule has 5 heteroatoms. The highest BCUT2D eigenvalue weighted by atomic mass is 35.5. The number of carbonyl (C=O) groups excluding carboxylic acids is 1. The van der Waals surface area contributed by atoms with Gasteiger partial charge in [0.2, 0.25) is 0 Å². The summed E-state index contributed by atoms with van der Waals surface area (Å²) in [6.07, 6.45) is 0.650. The third-order valence-electron chi connectivity index (χ3n) is 2.22. The first-order valence-electron chi connectivity index (χ1n) is 4.98. The van der Waals surface area contributed by atoms with Crippen molar-refractivity contribution in [3.63, 3.8) is 0 Å². The first kappa shape index (κ1) is 12.9. The summed E-state index contributed by atoms with van der Waals surface area (Å²) in [7, 11) is 0. The molecule has 0 spiro atoms. The highest BCUT2D eigenvalue weighted by molar-refractivity contribution is 6.31. The SMILES string of the molecule is O=Cc1ccc(Cl)cc1Oc1ccc(F)c(Cl)c1. The first-order chi connectivity index (χ1) is 8.60. The second kappa shape index (κ2) is 5.38. The van der Waals surface area contributed by atoms with Gasteiger partial charge in [-0.3, -0.25) is 4.79 Å². The van der Waals surface area contributed by atoms with E-state index in [0.29, 0.717) is 28.4 Å². The fraction of sp³-hybridized carbons (Fsp3) is 0. The maximum absolute atomic E-state index is 13.0. The minimum Gasteiger partial charge on any atom is -0.457 e. The van der Waals surface area contributed by atoms with Gasteiger partial charge in [0, 0.05) is 17.2 Å². The Kier molecular flexibility index (Phi) is 3.84. The van der Waals surface area contributed by atoms with Gasteiger partial charge in [0.05, 0.1) is 10.6 Å². The van der Waals surface area contributed by atoms with Crippen LogP contribution in [-0.2, 0) is 0 Å². The second-order valence-corrected chi connectivity index (χ2v) is 4.32. The van der Waals surface area contributed by atoms with Crippen LogP contribution in [0.3, 0.4) is 0 Å². The monoisotopic (exact) mass is 284 g/mol. The number of carbonyl (C=O) groups is 1. The van der Waals surface area contributed by atoms with Crippen molar-refractivity contribution >= 4 is 29.5 Å². The fourth-order valence-corrected chi connectivity index (χ4v) is 1.69.